The summed E-state index contributed by atoms with van der Waals surface area (Å²) in [4.78, 5) is 2.35. The van der Waals surface area contributed by atoms with Gasteiger partial charge < -0.3 is 5.32 Å². The molecule has 2 nitrogen and oxygen atoms in total. The van der Waals surface area contributed by atoms with Crippen molar-refractivity contribution >= 4 is 5.69 Å². The highest BCUT2D eigenvalue weighted by Gasteiger charge is 2.03. The molecule has 0 aliphatic heterocycles. The van der Waals surface area contributed by atoms with Gasteiger partial charge in [-0.25, -0.2) is 0 Å². The Hall–Kier alpha value is -1.80. The SMILES string of the molecule is CNc1cccc(CN(C)Cc2ccc(C)c(C)c2)c1. The zero-order valence-electron chi connectivity index (χ0n) is 12.9. The van der Waals surface area contributed by atoms with Crippen molar-refractivity contribution in [1.29, 1.82) is 0 Å². The topological polar surface area (TPSA) is 15.3 Å². The summed E-state index contributed by atoms with van der Waals surface area (Å²) < 4.78 is 0. The Kier molecular flexibility index (Phi) is 4.80. The molecule has 0 aliphatic carbocycles. The first-order chi connectivity index (χ1) is 9.58. The van der Waals surface area contributed by atoms with Crippen molar-refractivity contribution in [3.8, 4) is 0 Å². The fourth-order valence-corrected chi connectivity index (χ4v) is 2.41. The number of nitrogens with one attached hydrogen (secondary N) is 1. The Morgan fingerprint density at radius 1 is 0.900 bits per heavy atom. The lowest BCUT2D eigenvalue weighted by Gasteiger charge is -2.18. The molecule has 2 heteroatoms. The fourth-order valence-electron chi connectivity index (χ4n) is 2.41. The van der Waals surface area contributed by atoms with Crippen molar-refractivity contribution in [1.82, 2.24) is 4.90 Å². The van der Waals surface area contributed by atoms with E-state index in [1.807, 2.05) is 7.05 Å². The van der Waals surface area contributed by atoms with E-state index in [0.717, 1.165) is 13.1 Å². The van der Waals surface area contributed by atoms with Crippen LogP contribution in [0.2, 0.25) is 0 Å². The number of hydrogen-bond donors (Lipinski definition) is 1. The number of nitrogens with zero attached hydrogens (tertiary/aromatic N) is 1. The largest absolute Gasteiger partial charge is 0.388 e. The summed E-state index contributed by atoms with van der Waals surface area (Å²) >= 11 is 0. The number of rotatable bonds is 5. The smallest absolute Gasteiger partial charge is 0.0340 e. The lowest BCUT2D eigenvalue weighted by molar-refractivity contribution is 0.319. The van der Waals surface area contributed by atoms with Crippen LogP contribution in [-0.4, -0.2) is 19.0 Å². The van der Waals surface area contributed by atoms with Crippen LogP contribution in [0, 0.1) is 13.8 Å². The molecule has 0 atom stereocenters. The van der Waals surface area contributed by atoms with Crippen molar-refractivity contribution in [3.63, 3.8) is 0 Å². The first-order valence-corrected chi connectivity index (χ1v) is 7.10. The first kappa shape index (κ1) is 14.6. The Morgan fingerprint density at radius 2 is 1.60 bits per heavy atom. The van der Waals surface area contributed by atoms with Gasteiger partial charge in [0.15, 0.2) is 0 Å². The summed E-state index contributed by atoms with van der Waals surface area (Å²) in [6, 6.07) is 15.3. The molecule has 0 fully saturated rings. The minimum Gasteiger partial charge on any atom is -0.388 e. The second kappa shape index (κ2) is 6.58. The van der Waals surface area contributed by atoms with Crippen LogP contribution < -0.4 is 5.32 Å². The molecular weight excluding hydrogens is 244 g/mol. The number of aryl methyl sites for hydroxylation is 2. The molecule has 0 bridgehead atoms. The van der Waals surface area contributed by atoms with Crippen LogP contribution in [0.15, 0.2) is 42.5 Å². The summed E-state index contributed by atoms with van der Waals surface area (Å²) in [7, 11) is 4.12. The predicted molar refractivity (Wildman–Crippen MR) is 87.1 cm³/mol. The second-order valence-electron chi connectivity index (χ2n) is 5.54. The van der Waals surface area contributed by atoms with Gasteiger partial charge in [0, 0.05) is 25.8 Å². The normalized spacial score (nSPS) is 10.8. The molecule has 2 rings (SSSR count). The van der Waals surface area contributed by atoms with Crippen molar-refractivity contribution in [2.24, 2.45) is 0 Å². The van der Waals surface area contributed by atoms with Crippen molar-refractivity contribution < 1.29 is 0 Å². The van der Waals surface area contributed by atoms with Crippen LogP contribution in [0.25, 0.3) is 0 Å². The molecule has 0 unspecified atom stereocenters. The highest BCUT2D eigenvalue weighted by atomic mass is 15.1. The molecule has 0 aliphatic rings. The van der Waals surface area contributed by atoms with E-state index in [9.17, 15) is 0 Å². The van der Waals surface area contributed by atoms with Crippen molar-refractivity contribution in [3.05, 3.63) is 64.7 Å². The van der Waals surface area contributed by atoms with Gasteiger partial charge in [-0.1, -0.05) is 30.3 Å². The van der Waals surface area contributed by atoms with Crippen LogP contribution in [0.1, 0.15) is 22.3 Å². The van der Waals surface area contributed by atoms with E-state index in [1.165, 1.54) is 27.9 Å². The average Bonchev–Trinajstić information content (AvgIpc) is 2.43. The van der Waals surface area contributed by atoms with Gasteiger partial charge in [-0.3, -0.25) is 4.90 Å². The van der Waals surface area contributed by atoms with E-state index in [1.54, 1.807) is 0 Å². The number of benzene rings is 2. The van der Waals surface area contributed by atoms with E-state index >= 15 is 0 Å². The summed E-state index contributed by atoms with van der Waals surface area (Å²) in [5.41, 5.74) is 6.61. The third-order valence-corrected chi connectivity index (χ3v) is 3.69. The van der Waals surface area contributed by atoms with Crippen molar-refractivity contribution in [2.45, 2.75) is 26.9 Å². The molecule has 2 aromatic rings. The maximum Gasteiger partial charge on any atom is 0.0340 e. The van der Waals surface area contributed by atoms with Crippen LogP contribution >= 0.6 is 0 Å². The van der Waals surface area contributed by atoms with E-state index in [-0.39, 0.29) is 0 Å². The zero-order chi connectivity index (χ0) is 14.5. The molecular formula is C18H24N2. The highest BCUT2D eigenvalue weighted by Crippen LogP contribution is 2.15. The lowest BCUT2D eigenvalue weighted by atomic mass is 10.1. The van der Waals surface area contributed by atoms with Gasteiger partial charge >= 0.3 is 0 Å². The van der Waals surface area contributed by atoms with Crippen LogP contribution in [0.4, 0.5) is 5.69 Å². The number of hydrogen-bond acceptors (Lipinski definition) is 2. The molecule has 1 N–H and O–H groups in total. The van der Waals surface area contributed by atoms with E-state index < -0.39 is 0 Å². The zero-order valence-corrected chi connectivity index (χ0v) is 12.9. The van der Waals surface area contributed by atoms with Gasteiger partial charge in [-0.05, 0) is 55.3 Å². The quantitative estimate of drug-likeness (QED) is 0.882. The Labute approximate surface area is 122 Å². The van der Waals surface area contributed by atoms with Gasteiger partial charge in [-0.2, -0.15) is 0 Å². The van der Waals surface area contributed by atoms with Gasteiger partial charge in [0.05, 0.1) is 0 Å². The predicted octanol–water partition coefficient (Wildman–Crippen LogP) is 3.98. The van der Waals surface area contributed by atoms with Crippen LogP contribution in [0.5, 0.6) is 0 Å². The third-order valence-electron chi connectivity index (χ3n) is 3.69. The third kappa shape index (κ3) is 3.84. The van der Waals surface area contributed by atoms with Gasteiger partial charge in [0.2, 0.25) is 0 Å². The van der Waals surface area contributed by atoms with Gasteiger partial charge in [0.25, 0.3) is 0 Å². The molecule has 0 heterocycles. The average molecular weight is 268 g/mol. The first-order valence-electron chi connectivity index (χ1n) is 7.10. The molecule has 0 amide bonds. The summed E-state index contributed by atoms with van der Waals surface area (Å²) in [6.07, 6.45) is 0. The lowest BCUT2D eigenvalue weighted by Crippen LogP contribution is -2.17. The summed E-state index contributed by atoms with van der Waals surface area (Å²) in [6.45, 7) is 6.27. The van der Waals surface area contributed by atoms with E-state index in [0.29, 0.717) is 0 Å². The molecule has 0 spiro atoms. The molecule has 0 saturated carbocycles. The maximum atomic E-state index is 3.19. The van der Waals surface area contributed by atoms with E-state index in [4.69, 9.17) is 0 Å². The Bertz CT molecular complexity index is 575. The highest BCUT2D eigenvalue weighted by molar-refractivity contribution is 5.45. The monoisotopic (exact) mass is 268 g/mol. The van der Waals surface area contributed by atoms with E-state index in [2.05, 4.69) is 73.6 Å². The molecule has 0 aromatic heterocycles. The Morgan fingerprint density at radius 3 is 2.25 bits per heavy atom. The van der Waals surface area contributed by atoms with Crippen LogP contribution in [0.3, 0.4) is 0 Å². The maximum absolute atomic E-state index is 3.19. The minimum atomic E-state index is 0.961. The summed E-state index contributed by atoms with van der Waals surface area (Å²) in [5, 5.41) is 3.19. The summed E-state index contributed by atoms with van der Waals surface area (Å²) in [5.74, 6) is 0. The molecule has 0 saturated heterocycles. The van der Waals surface area contributed by atoms with Gasteiger partial charge in [0.1, 0.15) is 0 Å². The molecule has 20 heavy (non-hydrogen) atoms. The minimum absolute atomic E-state index is 0.961. The molecule has 0 radical (unpaired) electrons. The standard InChI is InChI=1S/C18H24N2/c1-14-8-9-17(10-15(14)2)13-20(4)12-16-6-5-7-18(11-16)19-3/h5-11,19H,12-13H2,1-4H3. The number of anilines is 1. The van der Waals surface area contributed by atoms with Crippen LogP contribution in [-0.2, 0) is 13.1 Å². The second-order valence-corrected chi connectivity index (χ2v) is 5.54. The van der Waals surface area contributed by atoms with Gasteiger partial charge in [-0.15, -0.1) is 0 Å². The molecule has 106 valence electrons. The van der Waals surface area contributed by atoms with Crippen molar-refractivity contribution in [2.75, 3.05) is 19.4 Å². The fraction of sp³-hybridized carbons (Fsp3) is 0.333. The molecule has 2 aromatic carbocycles. The Balaban J connectivity index is 2.00.